The molecule has 0 spiro atoms. The number of aliphatic carboxylic acids is 1. The number of hydrogen-bond donors (Lipinski definition) is 1. The second kappa shape index (κ2) is 8.03. The van der Waals surface area contributed by atoms with Gasteiger partial charge in [-0.15, -0.1) is 0 Å². The number of halogens is 2. The van der Waals surface area contributed by atoms with E-state index in [1.165, 1.54) is 11.0 Å². The molecule has 0 aromatic heterocycles. The Bertz CT molecular complexity index is 871. The maximum absolute atomic E-state index is 13.4. The first-order chi connectivity index (χ1) is 12.9. The van der Waals surface area contributed by atoms with E-state index in [1.54, 1.807) is 18.2 Å². The maximum Gasteiger partial charge on any atom is 0.305 e. The number of nitrogens with zero attached hydrogens (tertiary/aromatic N) is 1. The molecular formula is C19H17F2NO5. The number of hydrogen-bond acceptors (Lipinski definition) is 4. The number of carbonyl (C=O) groups is 2. The predicted molar refractivity (Wildman–Crippen MR) is 90.3 cm³/mol. The third-order valence-electron chi connectivity index (χ3n) is 4.10. The Labute approximate surface area is 153 Å². The number of carboxylic acid groups (broad SMARTS) is 1. The van der Waals surface area contributed by atoms with Crippen molar-refractivity contribution in [3.63, 3.8) is 0 Å². The molecule has 1 aliphatic heterocycles. The minimum Gasteiger partial charge on any atom is -0.481 e. The Morgan fingerprint density at radius 3 is 2.48 bits per heavy atom. The molecule has 0 fully saturated rings. The van der Waals surface area contributed by atoms with Crippen molar-refractivity contribution >= 4 is 11.9 Å². The molecule has 0 aliphatic carbocycles. The number of ether oxygens (including phenoxy) is 2. The lowest BCUT2D eigenvalue weighted by Crippen LogP contribution is -2.33. The molecule has 3 rings (SSSR count). The second-order valence-electron chi connectivity index (χ2n) is 6.07. The van der Waals surface area contributed by atoms with Crippen LogP contribution >= 0.6 is 0 Å². The average molecular weight is 377 g/mol. The van der Waals surface area contributed by atoms with Gasteiger partial charge in [-0.2, -0.15) is 0 Å². The zero-order chi connectivity index (χ0) is 19.4. The van der Waals surface area contributed by atoms with E-state index >= 15 is 0 Å². The highest BCUT2D eigenvalue weighted by Gasteiger charge is 2.19. The Morgan fingerprint density at radius 1 is 1.00 bits per heavy atom. The first-order valence-corrected chi connectivity index (χ1v) is 8.24. The lowest BCUT2D eigenvalue weighted by atomic mass is 10.1. The molecule has 8 heteroatoms. The van der Waals surface area contributed by atoms with Gasteiger partial charge in [0.15, 0.2) is 23.1 Å². The molecule has 2 aromatic carbocycles. The second-order valence-corrected chi connectivity index (χ2v) is 6.07. The van der Waals surface area contributed by atoms with Crippen molar-refractivity contribution in [1.29, 1.82) is 0 Å². The van der Waals surface area contributed by atoms with Gasteiger partial charge in [0.1, 0.15) is 0 Å². The largest absolute Gasteiger partial charge is 0.481 e. The van der Waals surface area contributed by atoms with Gasteiger partial charge in [-0.25, -0.2) is 8.78 Å². The van der Waals surface area contributed by atoms with Gasteiger partial charge in [0.2, 0.25) is 12.7 Å². The van der Waals surface area contributed by atoms with Crippen LogP contribution in [0.3, 0.4) is 0 Å². The van der Waals surface area contributed by atoms with Crippen molar-refractivity contribution in [1.82, 2.24) is 4.90 Å². The number of rotatable bonds is 7. The average Bonchev–Trinajstić information content (AvgIpc) is 3.09. The summed E-state index contributed by atoms with van der Waals surface area (Å²) < 4.78 is 37.0. The maximum atomic E-state index is 13.4. The molecular weight excluding hydrogens is 360 g/mol. The smallest absolute Gasteiger partial charge is 0.305 e. The van der Waals surface area contributed by atoms with Crippen molar-refractivity contribution in [2.45, 2.75) is 19.4 Å². The van der Waals surface area contributed by atoms with Crippen LogP contribution in [-0.2, 0) is 22.6 Å². The summed E-state index contributed by atoms with van der Waals surface area (Å²) in [5, 5.41) is 8.91. The molecule has 0 saturated carbocycles. The van der Waals surface area contributed by atoms with Crippen molar-refractivity contribution in [2.24, 2.45) is 0 Å². The van der Waals surface area contributed by atoms with Gasteiger partial charge in [-0.1, -0.05) is 12.1 Å². The Balaban J connectivity index is 1.73. The number of carbonyl (C=O) groups excluding carboxylic acids is 1. The summed E-state index contributed by atoms with van der Waals surface area (Å²) in [7, 11) is 0. The van der Waals surface area contributed by atoms with Crippen molar-refractivity contribution in [3.8, 4) is 11.5 Å². The SMILES string of the molecule is O=C(O)CCN(Cc1ccc(F)c(F)c1)C(=O)Cc1ccc2c(c1)OCO2. The Morgan fingerprint density at radius 2 is 1.74 bits per heavy atom. The normalized spacial score (nSPS) is 12.1. The van der Waals surface area contributed by atoms with E-state index in [-0.39, 0.29) is 38.6 Å². The summed E-state index contributed by atoms with van der Waals surface area (Å²) in [6, 6.07) is 8.44. The first kappa shape index (κ1) is 18.6. The van der Waals surface area contributed by atoms with Gasteiger partial charge < -0.3 is 19.5 Å². The Hall–Kier alpha value is -3.16. The summed E-state index contributed by atoms with van der Waals surface area (Å²) in [6.07, 6.45) is -0.240. The van der Waals surface area contributed by atoms with Crippen LogP contribution in [0.1, 0.15) is 17.5 Å². The van der Waals surface area contributed by atoms with E-state index in [9.17, 15) is 18.4 Å². The van der Waals surface area contributed by atoms with Gasteiger partial charge in [0.05, 0.1) is 12.8 Å². The van der Waals surface area contributed by atoms with Crippen LogP contribution in [0.2, 0.25) is 0 Å². The fourth-order valence-corrected chi connectivity index (χ4v) is 2.72. The van der Waals surface area contributed by atoms with Gasteiger partial charge in [-0.05, 0) is 35.4 Å². The molecule has 0 radical (unpaired) electrons. The molecule has 142 valence electrons. The van der Waals surface area contributed by atoms with Crippen LogP contribution < -0.4 is 9.47 Å². The molecule has 1 N–H and O–H groups in total. The van der Waals surface area contributed by atoms with E-state index < -0.39 is 17.6 Å². The molecule has 0 saturated heterocycles. The highest BCUT2D eigenvalue weighted by Crippen LogP contribution is 2.32. The van der Waals surface area contributed by atoms with Crippen LogP contribution in [0, 0.1) is 11.6 Å². The summed E-state index contributed by atoms with van der Waals surface area (Å²) in [4.78, 5) is 24.9. The summed E-state index contributed by atoms with van der Waals surface area (Å²) >= 11 is 0. The minimum atomic E-state index is -1.05. The number of benzene rings is 2. The fourth-order valence-electron chi connectivity index (χ4n) is 2.72. The quantitative estimate of drug-likeness (QED) is 0.803. The van der Waals surface area contributed by atoms with Crippen molar-refractivity contribution in [2.75, 3.05) is 13.3 Å². The third kappa shape index (κ3) is 4.72. The topological polar surface area (TPSA) is 76.1 Å². The standard InChI is InChI=1S/C19H17F2NO5/c20-14-3-1-13(7-15(14)21)10-22(6-5-19(24)25)18(23)9-12-2-4-16-17(8-12)27-11-26-16/h1-4,7-8H,5-6,9-11H2,(H,24,25). The first-order valence-electron chi connectivity index (χ1n) is 8.24. The zero-order valence-electron chi connectivity index (χ0n) is 14.3. The summed E-state index contributed by atoms with van der Waals surface area (Å²) in [5.41, 5.74) is 1.05. The molecule has 1 aliphatic rings. The van der Waals surface area contributed by atoms with Crippen LogP contribution in [0.4, 0.5) is 8.78 Å². The molecule has 2 aromatic rings. The highest BCUT2D eigenvalue weighted by molar-refractivity contribution is 5.79. The van der Waals surface area contributed by atoms with E-state index in [0.29, 0.717) is 22.6 Å². The highest BCUT2D eigenvalue weighted by atomic mass is 19.2. The molecule has 0 unspecified atom stereocenters. The number of amides is 1. The molecule has 6 nitrogen and oxygen atoms in total. The van der Waals surface area contributed by atoms with Gasteiger partial charge >= 0.3 is 5.97 Å². The van der Waals surface area contributed by atoms with Gasteiger partial charge in [0, 0.05) is 13.1 Å². The van der Waals surface area contributed by atoms with E-state index in [2.05, 4.69) is 0 Å². The summed E-state index contributed by atoms with van der Waals surface area (Å²) in [5.74, 6) is -2.26. The molecule has 0 atom stereocenters. The van der Waals surface area contributed by atoms with Crippen molar-refractivity contribution < 1.29 is 33.0 Å². The monoisotopic (exact) mass is 377 g/mol. The zero-order valence-corrected chi connectivity index (χ0v) is 14.3. The Kier molecular flexibility index (Phi) is 5.54. The molecule has 1 amide bonds. The lowest BCUT2D eigenvalue weighted by Gasteiger charge is -2.22. The van der Waals surface area contributed by atoms with E-state index in [4.69, 9.17) is 14.6 Å². The van der Waals surface area contributed by atoms with Crippen LogP contribution in [0.25, 0.3) is 0 Å². The van der Waals surface area contributed by atoms with Crippen molar-refractivity contribution in [3.05, 3.63) is 59.2 Å². The molecule has 0 bridgehead atoms. The van der Waals surface area contributed by atoms with Crippen LogP contribution in [0.15, 0.2) is 36.4 Å². The van der Waals surface area contributed by atoms with E-state index in [0.717, 1.165) is 12.1 Å². The number of carboxylic acids is 1. The molecule has 1 heterocycles. The van der Waals surface area contributed by atoms with Gasteiger partial charge in [-0.3, -0.25) is 9.59 Å². The van der Waals surface area contributed by atoms with E-state index in [1.807, 2.05) is 0 Å². The van der Waals surface area contributed by atoms with Crippen LogP contribution in [-0.4, -0.2) is 35.2 Å². The fraction of sp³-hybridized carbons (Fsp3) is 0.263. The van der Waals surface area contributed by atoms with Crippen LogP contribution in [0.5, 0.6) is 11.5 Å². The summed E-state index contributed by atoms with van der Waals surface area (Å²) in [6.45, 7) is 0.0547. The predicted octanol–water partition coefficient (Wildman–Crippen LogP) is 2.74. The number of fused-ring (bicyclic) bond motifs is 1. The molecule has 27 heavy (non-hydrogen) atoms. The van der Waals surface area contributed by atoms with Gasteiger partial charge in [0.25, 0.3) is 0 Å². The third-order valence-corrected chi connectivity index (χ3v) is 4.10. The minimum absolute atomic E-state index is 0.0138. The lowest BCUT2D eigenvalue weighted by molar-refractivity contribution is -0.138.